The minimum atomic E-state index is -5.27. The molecule has 0 radical (unpaired) electrons. The van der Waals surface area contributed by atoms with Crippen LogP contribution in [0.1, 0.15) is 71.4 Å². The molecule has 0 N–H and O–H groups in total. The van der Waals surface area contributed by atoms with E-state index in [2.05, 4.69) is 0 Å². The summed E-state index contributed by atoms with van der Waals surface area (Å²) >= 11 is -5.27. The van der Waals surface area contributed by atoms with Gasteiger partial charge in [0.15, 0.2) is 0 Å². The van der Waals surface area contributed by atoms with Gasteiger partial charge in [0.1, 0.15) is 0 Å². The Morgan fingerprint density at radius 1 is 0.545 bits per heavy atom. The van der Waals surface area contributed by atoms with Gasteiger partial charge in [0.05, 0.1) is 0 Å². The summed E-state index contributed by atoms with van der Waals surface area (Å²) in [5.41, 5.74) is 2.24. The number of hydrogen-bond donors (Lipinski definition) is 0. The van der Waals surface area contributed by atoms with Gasteiger partial charge >= 0.3 is 326 Å². The Morgan fingerprint density at radius 2 is 0.891 bits per heavy atom. The van der Waals surface area contributed by atoms with Crippen molar-refractivity contribution in [3.05, 3.63) is 167 Å². The molecule has 0 aliphatic heterocycles. The second kappa shape index (κ2) is 17.3. The van der Waals surface area contributed by atoms with E-state index >= 15 is 17.6 Å². The van der Waals surface area contributed by atoms with E-state index in [1.165, 1.54) is 21.9 Å². The molecule has 0 atom stereocenters. The number of aryl methyl sites for hydroxylation is 2. The van der Waals surface area contributed by atoms with Crippen LogP contribution in [0.5, 0.6) is 0 Å². The number of unbranched alkanes of at least 4 members (excludes halogenated alkanes) is 2. The van der Waals surface area contributed by atoms with Crippen molar-refractivity contribution in [1.29, 1.82) is 0 Å². The average molecular weight is 783 g/mol. The van der Waals surface area contributed by atoms with Gasteiger partial charge in [-0.3, -0.25) is 0 Å². The van der Waals surface area contributed by atoms with Crippen LogP contribution < -0.4 is 17.5 Å². The molecule has 2 amide bonds. The van der Waals surface area contributed by atoms with Crippen molar-refractivity contribution in [2.75, 3.05) is 22.9 Å². The summed E-state index contributed by atoms with van der Waals surface area (Å²) in [6, 6.07) is 18.6. The molecule has 284 valence electrons. The fourth-order valence-corrected chi connectivity index (χ4v) is 16.5. The number of nitrogens with zero attached hydrogens (tertiary/aromatic N) is 2. The molecule has 0 saturated heterocycles. The van der Waals surface area contributed by atoms with E-state index in [1.807, 2.05) is 27.7 Å². The van der Waals surface area contributed by atoms with E-state index in [9.17, 15) is 9.59 Å². The normalized spacial score (nSPS) is 14.0. The van der Waals surface area contributed by atoms with Gasteiger partial charge in [-0.1, -0.05) is 0 Å². The van der Waals surface area contributed by atoms with E-state index in [0.717, 1.165) is 23.3 Å². The van der Waals surface area contributed by atoms with Crippen LogP contribution in [0.4, 0.5) is 28.9 Å². The summed E-state index contributed by atoms with van der Waals surface area (Å²) in [5.74, 6) is -4.84. The van der Waals surface area contributed by atoms with Gasteiger partial charge in [0.25, 0.3) is 0 Å². The van der Waals surface area contributed by atoms with Gasteiger partial charge in [-0.15, -0.1) is 0 Å². The number of carbonyl (C=O) groups excluding carboxylic acids is 2. The van der Waals surface area contributed by atoms with Gasteiger partial charge < -0.3 is 0 Å². The molecule has 0 spiro atoms. The Balaban J connectivity index is 1.64. The van der Waals surface area contributed by atoms with Crippen molar-refractivity contribution in [2.45, 2.75) is 61.8 Å². The first kappa shape index (κ1) is 39.9. The maximum absolute atomic E-state index is 17.9. The number of allylic oxidation sites excluding steroid dienone is 8. The second-order valence-electron chi connectivity index (χ2n) is 14.3. The zero-order valence-electron chi connectivity index (χ0n) is 31.7. The third-order valence-corrected chi connectivity index (χ3v) is 19.2. The standard InChI is InChI=1S/2C18H18F2NO.2C5H5.Ti/c2*1-3-4-11-21(17-10-9-15(19)12-16(17)20)18(22)14-7-5-13(2)6-8-14;2*1-2-4-5-3-1;/h2*5-10H,3-4,11H2,1-2H3;2*1-5H;. The molecule has 0 heterocycles. The molecule has 4 nitrogen and oxygen atoms in total. The minimum absolute atomic E-state index is 0.142. The van der Waals surface area contributed by atoms with Crippen LogP contribution >= 0.6 is 0 Å². The van der Waals surface area contributed by atoms with Crippen molar-refractivity contribution in [3.63, 3.8) is 0 Å². The fraction of sp³-hybridized carbons (Fsp3) is 0.261. The molecule has 4 aromatic rings. The molecular weight excluding hydrogens is 736 g/mol. The molecule has 9 heteroatoms. The van der Waals surface area contributed by atoms with E-state index < -0.39 is 67.9 Å². The third kappa shape index (κ3) is 7.72. The first-order valence-corrected chi connectivity index (χ1v) is 22.3. The number of benzene rings is 4. The fourth-order valence-electron chi connectivity index (χ4n) is 7.74. The molecule has 55 heavy (non-hydrogen) atoms. The van der Waals surface area contributed by atoms with Crippen molar-refractivity contribution in [2.24, 2.45) is 0 Å². The van der Waals surface area contributed by atoms with Gasteiger partial charge in [0, 0.05) is 0 Å². The Labute approximate surface area is 324 Å². The SMILES string of the molecule is CCCCN(C(=O)c1ccc(C)cc1)c1ccc(F)[c]([Ti]([c]2c(F)ccc(N(CCCC)C(=O)c3ccc(C)cc3)c2F)([CH]2C=CC=C2)[CH]2C=CC=C2)c1F. The summed E-state index contributed by atoms with van der Waals surface area (Å²) < 4.78 is 67.5. The zero-order valence-corrected chi connectivity index (χ0v) is 33.2. The molecule has 2 aliphatic carbocycles. The summed E-state index contributed by atoms with van der Waals surface area (Å²) in [7, 11) is 0. The first-order valence-electron chi connectivity index (χ1n) is 19.0. The number of amides is 2. The summed E-state index contributed by atoms with van der Waals surface area (Å²) in [6.45, 7) is 7.98. The third-order valence-electron chi connectivity index (χ3n) is 10.7. The molecule has 6 rings (SSSR count). The van der Waals surface area contributed by atoms with Gasteiger partial charge in [0.2, 0.25) is 0 Å². The molecule has 2 aliphatic rings. The molecule has 0 bridgehead atoms. The number of halogens is 4. The summed E-state index contributed by atoms with van der Waals surface area (Å²) in [6.07, 6.45) is 16.4. The van der Waals surface area contributed by atoms with Gasteiger partial charge in [-0.05, 0) is 0 Å². The molecule has 0 saturated carbocycles. The van der Waals surface area contributed by atoms with E-state index in [1.54, 1.807) is 97.1 Å². The van der Waals surface area contributed by atoms with Crippen LogP contribution in [0.25, 0.3) is 0 Å². The predicted molar refractivity (Wildman–Crippen MR) is 212 cm³/mol. The molecule has 0 aromatic heterocycles. The summed E-state index contributed by atoms with van der Waals surface area (Å²) in [4.78, 5) is 30.9. The predicted octanol–water partition coefficient (Wildman–Crippen LogP) is 10.7. The van der Waals surface area contributed by atoms with E-state index in [0.29, 0.717) is 36.8 Å². The van der Waals surface area contributed by atoms with Crippen LogP contribution in [-0.2, 0) is 16.6 Å². The van der Waals surface area contributed by atoms with Gasteiger partial charge in [-0.2, -0.15) is 0 Å². The number of carbonyl (C=O) groups is 2. The van der Waals surface area contributed by atoms with Crippen molar-refractivity contribution in [1.82, 2.24) is 0 Å². The molecular formula is C46H46F4N2O2Ti. The van der Waals surface area contributed by atoms with Gasteiger partial charge in [-0.25, -0.2) is 0 Å². The average Bonchev–Trinajstić information content (AvgIpc) is 3.93. The summed E-state index contributed by atoms with van der Waals surface area (Å²) in [5, 5.41) is 0. The van der Waals surface area contributed by atoms with Crippen LogP contribution in [0.3, 0.4) is 0 Å². The molecule has 4 aromatic carbocycles. The molecule has 0 fully saturated rings. The number of hydrogen-bond acceptors (Lipinski definition) is 2. The van der Waals surface area contributed by atoms with Crippen molar-refractivity contribution >= 4 is 30.9 Å². The van der Waals surface area contributed by atoms with Crippen LogP contribution in [0.2, 0.25) is 8.45 Å². The molecule has 0 unspecified atom stereocenters. The van der Waals surface area contributed by atoms with Crippen molar-refractivity contribution in [3.8, 4) is 0 Å². The first-order chi connectivity index (χ1) is 26.5. The number of rotatable bonds is 14. The Morgan fingerprint density at radius 3 is 1.22 bits per heavy atom. The monoisotopic (exact) mass is 782 g/mol. The number of anilines is 2. The maximum atomic E-state index is 17.9. The van der Waals surface area contributed by atoms with Crippen LogP contribution in [-0.4, -0.2) is 24.9 Å². The Hall–Kier alpha value is -4.79. The van der Waals surface area contributed by atoms with Crippen LogP contribution in [0.15, 0.2) is 121 Å². The second-order valence-corrected chi connectivity index (χ2v) is 20.7. The quantitative estimate of drug-likeness (QED) is 0.0944. The van der Waals surface area contributed by atoms with Crippen LogP contribution in [0, 0.1) is 37.1 Å². The van der Waals surface area contributed by atoms with Crippen molar-refractivity contribution < 1.29 is 43.7 Å². The van der Waals surface area contributed by atoms with E-state index in [-0.39, 0.29) is 24.5 Å². The Bertz CT molecular complexity index is 2000. The zero-order chi connectivity index (χ0) is 39.3. The Kier molecular flexibility index (Phi) is 12.6. The topological polar surface area (TPSA) is 40.6 Å². The van der Waals surface area contributed by atoms with E-state index in [4.69, 9.17) is 0 Å².